The van der Waals surface area contributed by atoms with Crippen molar-refractivity contribution in [3.8, 4) is 45.2 Å². The standard InChI is InChI=1S/C43H39N3O/c1-3-5-23-43(24-6-4-2)34-16-13-20-40(47)41(34)42-35(43)21-22-37(45-42)30-26-29(36-17-11-12-25-44-36)27-31(28-30)46-38-18-9-7-14-32(38)33-15-8-10-19-39(33)46/h7-22,25-28,47H,3-6,23-24H2,1-2H3. The summed E-state index contributed by atoms with van der Waals surface area (Å²) in [5.74, 6) is 0.316. The molecular formula is C43H39N3O. The number of hydrogen-bond acceptors (Lipinski definition) is 3. The molecule has 232 valence electrons. The van der Waals surface area contributed by atoms with Gasteiger partial charge in [-0.1, -0.05) is 100 Å². The summed E-state index contributed by atoms with van der Waals surface area (Å²) in [4.78, 5) is 10.2. The highest BCUT2D eigenvalue weighted by Crippen LogP contribution is 2.56. The molecule has 0 spiro atoms. The van der Waals surface area contributed by atoms with E-state index in [1.165, 1.54) is 21.9 Å². The van der Waals surface area contributed by atoms with Crippen LogP contribution in [-0.4, -0.2) is 19.6 Å². The molecule has 1 N–H and O–H groups in total. The predicted octanol–water partition coefficient (Wildman–Crippen LogP) is 11.3. The first kappa shape index (κ1) is 29.2. The van der Waals surface area contributed by atoms with Gasteiger partial charge in [0.25, 0.3) is 0 Å². The molecule has 0 saturated heterocycles. The number of hydrogen-bond donors (Lipinski definition) is 1. The molecule has 4 heteroatoms. The molecule has 3 heterocycles. The monoisotopic (exact) mass is 613 g/mol. The van der Waals surface area contributed by atoms with Gasteiger partial charge < -0.3 is 9.67 Å². The number of phenols is 1. The van der Waals surface area contributed by atoms with Crippen molar-refractivity contribution in [3.05, 3.63) is 133 Å². The Balaban J connectivity index is 1.37. The second-order valence-corrected chi connectivity index (χ2v) is 12.9. The third kappa shape index (κ3) is 4.74. The topological polar surface area (TPSA) is 50.9 Å². The third-order valence-corrected chi connectivity index (χ3v) is 10.1. The van der Waals surface area contributed by atoms with Gasteiger partial charge in [-0.05, 0) is 78.6 Å². The molecule has 47 heavy (non-hydrogen) atoms. The number of benzene rings is 4. The molecule has 4 nitrogen and oxygen atoms in total. The van der Waals surface area contributed by atoms with Crippen molar-refractivity contribution in [2.75, 3.05) is 0 Å². The third-order valence-electron chi connectivity index (χ3n) is 10.1. The van der Waals surface area contributed by atoms with Gasteiger partial charge in [0.2, 0.25) is 0 Å². The summed E-state index contributed by atoms with van der Waals surface area (Å²) in [6.07, 6.45) is 8.50. The highest BCUT2D eigenvalue weighted by molar-refractivity contribution is 6.09. The summed E-state index contributed by atoms with van der Waals surface area (Å²) >= 11 is 0. The normalized spacial score (nSPS) is 13.2. The zero-order chi connectivity index (χ0) is 32.0. The van der Waals surface area contributed by atoms with Crippen molar-refractivity contribution < 1.29 is 5.11 Å². The fourth-order valence-corrected chi connectivity index (χ4v) is 7.92. The van der Waals surface area contributed by atoms with Crippen molar-refractivity contribution in [1.82, 2.24) is 14.5 Å². The van der Waals surface area contributed by atoms with Gasteiger partial charge >= 0.3 is 0 Å². The van der Waals surface area contributed by atoms with Gasteiger partial charge in [-0.15, -0.1) is 0 Å². The lowest BCUT2D eigenvalue weighted by atomic mass is 9.71. The van der Waals surface area contributed by atoms with E-state index in [1.807, 2.05) is 30.5 Å². The highest BCUT2D eigenvalue weighted by atomic mass is 16.3. The van der Waals surface area contributed by atoms with Gasteiger partial charge in [0.15, 0.2) is 0 Å². The number of aromatic nitrogens is 3. The van der Waals surface area contributed by atoms with Crippen molar-refractivity contribution >= 4 is 21.8 Å². The van der Waals surface area contributed by atoms with Gasteiger partial charge in [0, 0.05) is 44.8 Å². The predicted molar refractivity (Wildman–Crippen MR) is 194 cm³/mol. The van der Waals surface area contributed by atoms with Crippen LogP contribution in [0.25, 0.3) is 61.3 Å². The van der Waals surface area contributed by atoms with Crippen LogP contribution in [0.1, 0.15) is 63.5 Å². The Bertz CT molecular complexity index is 2190. The van der Waals surface area contributed by atoms with Crippen LogP contribution in [0.2, 0.25) is 0 Å². The van der Waals surface area contributed by atoms with Crippen LogP contribution >= 0.6 is 0 Å². The van der Waals surface area contributed by atoms with Crippen molar-refractivity contribution in [2.45, 2.75) is 57.8 Å². The van der Waals surface area contributed by atoms with Gasteiger partial charge in [0.1, 0.15) is 5.75 Å². The molecule has 3 aromatic heterocycles. The molecule has 0 unspecified atom stereocenters. The maximum Gasteiger partial charge on any atom is 0.125 e. The van der Waals surface area contributed by atoms with Crippen molar-refractivity contribution in [3.63, 3.8) is 0 Å². The van der Waals surface area contributed by atoms with Gasteiger partial charge in [-0.2, -0.15) is 0 Å². The molecule has 0 saturated carbocycles. The zero-order valence-corrected chi connectivity index (χ0v) is 27.1. The minimum Gasteiger partial charge on any atom is -0.507 e. The van der Waals surface area contributed by atoms with Crippen LogP contribution in [-0.2, 0) is 5.41 Å². The Hall–Kier alpha value is -5.22. The number of nitrogens with zero attached hydrogens (tertiary/aromatic N) is 3. The van der Waals surface area contributed by atoms with E-state index in [2.05, 4.69) is 109 Å². The minimum absolute atomic E-state index is 0.134. The fraction of sp³-hybridized carbons (Fsp3) is 0.209. The number of fused-ring (bicyclic) bond motifs is 6. The first-order valence-corrected chi connectivity index (χ1v) is 17.0. The lowest BCUT2D eigenvalue weighted by Crippen LogP contribution is -2.25. The molecule has 0 bridgehead atoms. The van der Waals surface area contributed by atoms with Gasteiger partial charge in [0.05, 0.1) is 28.1 Å². The second-order valence-electron chi connectivity index (χ2n) is 12.9. The Kier molecular flexibility index (Phi) is 7.37. The summed E-state index contributed by atoms with van der Waals surface area (Å²) in [5, 5.41) is 13.8. The highest BCUT2D eigenvalue weighted by Gasteiger charge is 2.44. The van der Waals surface area contributed by atoms with Crippen molar-refractivity contribution in [1.29, 1.82) is 0 Å². The largest absolute Gasteiger partial charge is 0.507 e. The smallest absolute Gasteiger partial charge is 0.125 e. The van der Waals surface area contributed by atoms with Crippen LogP contribution in [0.15, 0.2) is 121 Å². The molecule has 0 fully saturated rings. The summed E-state index contributed by atoms with van der Waals surface area (Å²) in [6, 6.07) is 40.5. The molecule has 0 aliphatic heterocycles. The molecule has 1 aliphatic rings. The molecule has 0 amide bonds. The number of phenolic OH excluding ortho intramolecular Hbond substituents is 1. The van der Waals surface area contributed by atoms with E-state index >= 15 is 0 Å². The number of unbranched alkanes of at least 4 members (excludes halogenated alkanes) is 2. The van der Waals surface area contributed by atoms with Crippen molar-refractivity contribution in [2.24, 2.45) is 0 Å². The summed E-state index contributed by atoms with van der Waals surface area (Å²) < 4.78 is 2.36. The first-order valence-electron chi connectivity index (χ1n) is 17.0. The van der Waals surface area contributed by atoms with Gasteiger partial charge in [-0.25, -0.2) is 4.98 Å². The number of aromatic hydroxyl groups is 1. The molecule has 8 rings (SSSR count). The molecule has 0 atom stereocenters. The number of rotatable bonds is 9. The number of para-hydroxylation sites is 2. The van der Waals surface area contributed by atoms with E-state index in [4.69, 9.17) is 9.97 Å². The molecule has 7 aromatic rings. The maximum absolute atomic E-state index is 11.3. The van der Waals surface area contributed by atoms with Crippen LogP contribution in [0.3, 0.4) is 0 Å². The van der Waals surface area contributed by atoms with Gasteiger partial charge in [-0.3, -0.25) is 4.98 Å². The lowest BCUT2D eigenvalue weighted by Gasteiger charge is -2.32. The van der Waals surface area contributed by atoms with E-state index in [-0.39, 0.29) is 5.41 Å². The molecule has 0 radical (unpaired) electrons. The maximum atomic E-state index is 11.3. The Labute approximate surface area is 276 Å². The lowest BCUT2D eigenvalue weighted by molar-refractivity contribution is 0.412. The minimum atomic E-state index is -0.134. The Morgan fingerprint density at radius 1 is 0.638 bits per heavy atom. The summed E-state index contributed by atoms with van der Waals surface area (Å²) in [6.45, 7) is 4.52. The van der Waals surface area contributed by atoms with E-state index < -0.39 is 0 Å². The van der Waals surface area contributed by atoms with Crippen LogP contribution in [0.5, 0.6) is 5.75 Å². The molecular weight excluding hydrogens is 574 g/mol. The van der Waals surface area contributed by atoms with E-state index in [0.29, 0.717) is 5.75 Å². The van der Waals surface area contributed by atoms with Crippen LogP contribution in [0, 0.1) is 0 Å². The SMILES string of the molecule is CCCCC1(CCCC)c2ccc(-c3cc(-c4ccccn4)cc(-n4c5ccccc5c5ccccc54)c3)nc2-c2c(O)cccc21. The van der Waals surface area contributed by atoms with E-state index in [9.17, 15) is 5.11 Å². The van der Waals surface area contributed by atoms with Crippen LogP contribution < -0.4 is 0 Å². The Morgan fingerprint density at radius 3 is 1.96 bits per heavy atom. The summed E-state index contributed by atoms with van der Waals surface area (Å²) in [5.41, 5.74) is 11.4. The Morgan fingerprint density at radius 2 is 1.30 bits per heavy atom. The quantitative estimate of drug-likeness (QED) is 0.176. The fourth-order valence-electron chi connectivity index (χ4n) is 7.92. The number of pyridine rings is 2. The molecule has 1 aliphatic carbocycles. The average molecular weight is 614 g/mol. The second kappa shape index (κ2) is 11.9. The first-order chi connectivity index (χ1) is 23.1. The van der Waals surface area contributed by atoms with E-state index in [1.54, 1.807) is 0 Å². The summed E-state index contributed by atoms with van der Waals surface area (Å²) in [7, 11) is 0. The van der Waals surface area contributed by atoms with Crippen LogP contribution in [0.4, 0.5) is 0 Å². The molecule has 4 aromatic carbocycles. The van der Waals surface area contributed by atoms with E-state index in [0.717, 1.165) is 89.0 Å². The zero-order valence-electron chi connectivity index (χ0n) is 27.1. The average Bonchev–Trinajstić information content (AvgIpc) is 3.61.